The van der Waals surface area contributed by atoms with E-state index in [2.05, 4.69) is 6.92 Å². The third-order valence-electron chi connectivity index (χ3n) is 2.67. The van der Waals surface area contributed by atoms with Crippen LogP contribution in [0.4, 0.5) is 0 Å². The summed E-state index contributed by atoms with van der Waals surface area (Å²) in [4.78, 5) is 11.6. The molecule has 0 amide bonds. The molecule has 0 aliphatic heterocycles. The molecule has 0 fully saturated rings. The van der Waals surface area contributed by atoms with E-state index in [4.69, 9.17) is 13.3 Å². The first-order chi connectivity index (χ1) is 10.1. The standard InChI is InChI=1S/C15H30O4SSi/c1-5-9-10-12-15(16)20-13-11-14-21(17-6-2,18-7-3)19-8-4/h10,12H,5-9,11,13-14H2,1-4H3. The van der Waals surface area contributed by atoms with Gasteiger partial charge in [0.05, 0.1) is 0 Å². The number of unbranched alkanes of at least 4 members (excludes halogenated alkanes) is 1. The molecule has 0 saturated heterocycles. The van der Waals surface area contributed by atoms with Crippen LogP contribution in [0.25, 0.3) is 0 Å². The zero-order chi connectivity index (χ0) is 16.0. The second kappa shape index (κ2) is 13.5. The van der Waals surface area contributed by atoms with Crippen LogP contribution in [0, 0.1) is 0 Å². The molecule has 0 saturated carbocycles. The predicted molar refractivity (Wildman–Crippen MR) is 91.6 cm³/mol. The van der Waals surface area contributed by atoms with E-state index in [9.17, 15) is 4.79 Å². The lowest BCUT2D eigenvalue weighted by atomic mass is 10.3. The normalized spacial score (nSPS) is 12.2. The molecule has 0 aliphatic carbocycles. The van der Waals surface area contributed by atoms with Crippen LogP contribution in [0.2, 0.25) is 6.04 Å². The minimum Gasteiger partial charge on any atom is -0.374 e. The van der Waals surface area contributed by atoms with Crippen molar-refractivity contribution >= 4 is 25.7 Å². The molecule has 4 nitrogen and oxygen atoms in total. The summed E-state index contributed by atoms with van der Waals surface area (Å²) in [5, 5.41) is 0.125. The monoisotopic (exact) mass is 334 g/mol. The maximum absolute atomic E-state index is 11.6. The average molecular weight is 335 g/mol. The first-order valence-corrected chi connectivity index (χ1v) is 10.8. The quantitative estimate of drug-likeness (QED) is 0.289. The van der Waals surface area contributed by atoms with Crippen molar-refractivity contribution < 1.29 is 18.1 Å². The molecule has 0 rings (SSSR count). The summed E-state index contributed by atoms with van der Waals surface area (Å²) in [6.45, 7) is 9.75. The average Bonchev–Trinajstić information content (AvgIpc) is 2.45. The van der Waals surface area contributed by atoms with Gasteiger partial charge in [-0.25, -0.2) is 0 Å². The van der Waals surface area contributed by atoms with Gasteiger partial charge in [0, 0.05) is 31.6 Å². The van der Waals surface area contributed by atoms with Crippen molar-refractivity contribution in [3.63, 3.8) is 0 Å². The molecule has 0 heterocycles. The molecule has 0 aliphatic rings. The van der Waals surface area contributed by atoms with Gasteiger partial charge in [-0.2, -0.15) is 0 Å². The second-order valence-electron chi connectivity index (χ2n) is 4.44. The fourth-order valence-corrected chi connectivity index (χ4v) is 5.41. The smallest absolute Gasteiger partial charge is 0.374 e. The highest BCUT2D eigenvalue weighted by Crippen LogP contribution is 2.20. The van der Waals surface area contributed by atoms with Crippen LogP contribution < -0.4 is 0 Å². The van der Waals surface area contributed by atoms with E-state index in [-0.39, 0.29) is 5.12 Å². The Morgan fingerprint density at radius 3 is 2.10 bits per heavy atom. The summed E-state index contributed by atoms with van der Waals surface area (Å²) in [6, 6.07) is 0.765. The summed E-state index contributed by atoms with van der Waals surface area (Å²) in [7, 11) is -2.54. The SMILES string of the molecule is CCCC=CC(=O)SCCC[Si](OCC)(OCC)OCC. The van der Waals surface area contributed by atoms with Gasteiger partial charge in [0.2, 0.25) is 5.12 Å². The molecule has 0 spiro atoms. The van der Waals surface area contributed by atoms with Gasteiger partial charge >= 0.3 is 8.80 Å². The number of hydrogen-bond acceptors (Lipinski definition) is 5. The molecule has 0 atom stereocenters. The molecule has 0 radical (unpaired) electrons. The van der Waals surface area contributed by atoms with E-state index in [0.29, 0.717) is 19.8 Å². The number of carbonyl (C=O) groups is 1. The van der Waals surface area contributed by atoms with Crippen molar-refractivity contribution in [2.75, 3.05) is 25.6 Å². The summed E-state index contributed by atoms with van der Waals surface area (Å²) < 4.78 is 17.3. The lowest BCUT2D eigenvalue weighted by Crippen LogP contribution is -2.46. The van der Waals surface area contributed by atoms with Crippen LogP contribution in [-0.2, 0) is 18.1 Å². The van der Waals surface area contributed by atoms with Gasteiger partial charge in [-0.1, -0.05) is 31.2 Å². The largest absolute Gasteiger partial charge is 0.500 e. The third-order valence-corrected chi connectivity index (χ3v) is 6.74. The Kier molecular flexibility index (Phi) is 13.4. The summed E-state index contributed by atoms with van der Waals surface area (Å²) in [5.74, 6) is 0.775. The van der Waals surface area contributed by atoms with E-state index >= 15 is 0 Å². The van der Waals surface area contributed by atoms with Gasteiger partial charge in [-0.3, -0.25) is 4.79 Å². The number of allylic oxidation sites excluding steroid dienone is 1. The fraction of sp³-hybridized carbons (Fsp3) is 0.800. The number of thioether (sulfide) groups is 1. The summed E-state index contributed by atoms with van der Waals surface area (Å²) in [6.07, 6.45) is 6.51. The zero-order valence-corrected chi connectivity index (χ0v) is 15.7. The van der Waals surface area contributed by atoms with Gasteiger partial charge in [-0.05, 0) is 39.7 Å². The van der Waals surface area contributed by atoms with Crippen LogP contribution >= 0.6 is 11.8 Å². The Morgan fingerprint density at radius 1 is 1.05 bits per heavy atom. The third kappa shape index (κ3) is 10.2. The molecular formula is C15H30O4SSi. The van der Waals surface area contributed by atoms with Crippen LogP contribution in [0.3, 0.4) is 0 Å². The van der Waals surface area contributed by atoms with Crippen LogP contribution in [-0.4, -0.2) is 39.5 Å². The van der Waals surface area contributed by atoms with Crippen molar-refractivity contribution in [3.05, 3.63) is 12.2 Å². The predicted octanol–water partition coefficient (Wildman–Crippen LogP) is 4.04. The Bertz CT molecular complexity index is 280. The summed E-state index contributed by atoms with van der Waals surface area (Å²) >= 11 is 1.35. The van der Waals surface area contributed by atoms with Crippen LogP contribution in [0.5, 0.6) is 0 Å². The number of hydrogen-bond donors (Lipinski definition) is 0. The van der Waals surface area contributed by atoms with Crippen molar-refractivity contribution in [2.45, 2.75) is 53.0 Å². The molecule has 124 valence electrons. The lowest BCUT2D eigenvalue weighted by molar-refractivity contribution is -0.107. The Balaban J connectivity index is 4.14. The Hall–Kier alpha value is -0.143. The molecule has 0 aromatic heterocycles. The minimum absolute atomic E-state index is 0.125. The molecule has 0 unspecified atom stereocenters. The first kappa shape index (κ1) is 20.9. The zero-order valence-electron chi connectivity index (χ0n) is 13.9. The maximum Gasteiger partial charge on any atom is 0.500 e. The molecule has 0 aromatic carbocycles. The molecule has 0 aromatic rings. The van der Waals surface area contributed by atoms with Gasteiger partial charge in [-0.15, -0.1) is 0 Å². The van der Waals surface area contributed by atoms with Gasteiger partial charge < -0.3 is 13.3 Å². The topological polar surface area (TPSA) is 44.8 Å². The Morgan fingerprint density at radius 2 is 1.62 bits per heavy atom. The van der Waals surface area contributed by atoms with Crippen molar-refractivity contribution in [1.29, 1.82) is 0 Å². The van der Waals surface area contributed by atoms with E-state index in [1.165, 1.54) is 11.8 Å². The van der Waals surface area contributed by atoms with E-state index in [1.807, 2.05) is 26.8 Å². The van der Waals surface area contributed by atoms with Crippen LogP contribution in [0.1, 0.15) is 47.0 Å². The number of carbonyl (C=O) groups excluding carboxylic acids is 1. The highest BCUT2D eigenvalue weighted by molar-refractivity contribution is 8.14. The van der Waals surface area contributed by atoms with E-state index < -0.39 is 8.80 Å². The highest BCUT2D eigenvalue weighted by Gasteiger charge is 2.39. The van der Waals surface area contributed by atoms with Crippen LogP contribution in [0.15, 0.2) is 12.2 Å². The van der Waals surface area contributed by atoms with Gasteiger partial charge in [0.1, 0.15) is 0 Å². The van der Waals surface area contributed by atoms with Gasteiger partial charge in [0.25, 0.3) is 0 Å². The molecular weight excluding hydrogens is 304 g/mol. The molecule has 6 heteroatoms. The van der Waals surface area contributed by atoms with E-state index in [1.54, 1.807) is 6.08 Å². The lowest BCUT2D eigenvalue weighted by Gasteiger charge is -2.28. The van der Waals surface area contributed by atoms with Crippen molar-refractivity contribution in [3.8, 4) is 0 Å². The summed E-state index contributed by atoms with van der Waals surface area (Å²) in [5.41, 5.74) is 0. The van der Waals surface area contributed by atoms with E-state index in [0.717, 1.165) is 31.1 Å². The van der Waals surface area contributed by atoms with Crippen molar-refractivity contribution in [1.82, 2.24) is 0 Å². The second-order valence-corrected chi connectivity index (χ2v) is 8.28. The Labute approximate surface area is 135 Å². The highest BCUT2D eigenvalue weighted by atomic mass is 32.2. The first-order valence-electron chi connectivity index (χ1n) is 7.89. The number of rotatable bonds is 13. The minimum atomic E-state index is -2.54. The molecule has 0 bridgehead atoms. The molecule has 0 N–H and O–H groups in total. The maximum atomic E-state index is 11.6. The van der Waals surface area contributed by atoms with Crippen molar-refractivity contribution in [2.24, 2.45) is 0 Å². The van der Waals surface area contributed by atoms with Gasteiger partial charge in [0.15, 0.2) is 0 Å². The fourth-order valence-electron chi connectivity index (χ4n) is 1.86. The molecule has 21 heavy (non-hydrogen) atoms.